The topological polar surface area (TPSA) is 66.0 Å². The summed E-state index contributed by atoms with van der Waals surface area (Å²) in [6.07, 6.45) is 7.42. The summed E-state index contributed by atoms with van der Waals surface area (Å²) < 4.78 is 2.32. The third kappa shape index (κ3) is 3.30. The third-order valence-electron chi connectivity index (χ3n) is 5.19. The summed E-state index contributed by atoms with van der Waals surface area (Å²) in [5, 5.41) is 3.43. The number of aromatic amines is 1. The van der Waals surface area contributed by atoms with Gasteiger partial charge in [0.05, 0.1) is 5.69 Å². The molecule has 4 heterocycles. The molecule has 0 bridgehead atoms. The number of nitrogens with one attached hydrogen (secondary N) is 2. The molecule has 2 aromatic heterocycles. The van der Waals surface area contributed by atoms with Crippen molar-refractivity contribution in [3.8, 4) is 11.3 Å². The molecule has 0 aliphatic carbocycles. The van der Waals surface area contributed by atoms with Gasteiger partial charge < -0.3 is 19.8 Å². The number of imidazole rings is 1. The Bertz CT molecular complexity index is 740. The molecule has 0 spiro atoms. The fourth-order valence-corrected chi connectivity index (χ4v) is 3.61. The summed E-state index contributed by atoms with van der Waals surface area (Å²) in [5.74, 6) is 1.70. The molecule has 2 aromatic rings. The lowest BCUT2D eigenvalue weighted by atomic mass is 9.97. The number of nitrogens with zero attached hydrogens (tertiary/aromatic N) is 3. The van der Waals surface area contributed by atoms with Crippen LogP contribution in [0.5, 0.6) is 0 Å². The smallest absolute Gasteiger partial charge is 0.248 e. The van der Waals surface area contributed by atoms with Gasteiger partial charge in [0, 0.05) is 43.0 Å². The minimum atomic E-state index is -0.0777. The highest BCUT2D eigenvalue weighted by Gasteiger charge is 2.22. The lowest BCUT2D eigenvalue weighted by Crippen LogP contribution is -2.39. The Morgan fingerprint density at radius 1 is 1.21 bits per heavy atom. The molecule has 0 radical (unpaired) electrons. The van der Waals surface area contributed by atoms with E-state index >= 15 is 0 Å². The molecule has 2 fully saturated rings. The molecule has 0 amide bonds. The zero-order chi connectivity index (χ0) is 16.4. The Morgan fingerprint density at radius 3 is 2.75 bits per heavy atom. The summed E-state index contributed by atoms with van der Waals surface area (Å²) in [6, 6.07) is 3.56. The lowest BCUT2D eigenvalue weighted by Gasteiger charge is -2.31. The summed E-state index contributed by atoms with van der Waals surface area (Å²) in [6.45, 7) is 6.63. The summed E-state index contributed by atoms with van der Waals surface area (Å²) in [5.41, 5.74) is 1.74. The SMILES string of the molecule is O=c1cc(-c2cn(CCN3CCC3)c(C3CCNCC3)n2)cc[nH]1. The van der Waals surface area contributed by atoms with Crippen molar-refractivity contribution in [3.63, 3.8) is 0 Å². The Hall–Kier alpha value is -1.92. The number of hydrogen-bond acceptors (Lipinski definition) is 4. The van der Waals surface area contributed by atoms with E-state index in [1.54, 1.807) is 12.3 Å². The van der Waals surface area contributed by atoms with E-state index in [4.69, 9.17) is 4.98 Å². The largest absolute Gasteiger partial charge is 0.333 e. The highest BCUT2D eigenvalue weighted by molar-refractivity contribution is 5.57. The number of pyridine rings is 1. The molecular formula is C18H25N5O. The molecule has 6 nitrogen and oxygen atoms in total. The van der Waals surface area contributed by atoms with E-state index in [-0.39, 0.29) is 5.56 Å². The van der Waals surface area contributed by atoms with Gasteiger partial charge in [-0.3, -0.25) is 4.79 Å². The van der Waals surface area contributed by atoms with Crippen LogP contribution >= 0.6 is 0 Å². The van der Waals surface area contributed by atoms with Gasteiger partial charge >= 0.3 is 0 Å². The number of hydrogen-bond donors (Lipinski definition) is 2. The van der Waals surface area contributed by atoms with Gasteiger partial charge in [0.2, 0.25) is 5.56 Å². The Morgan fingerprint density at radius 2 is 2.04 bits per heavy atom. The maximum absolute atomic E-state index is 11.6. The molecule has 24 heavy (non-hydrogen) atoms. The van der Waals surface area contributed by atoms with Crippen LogP contribution < -0.4 is 10.9 Å². The predicted octanol–water partition coefficient (Wildman–Crippen LogP) is 1.41. The van der Waals surface area contributed by atoms with Crippen LogP contribution in [0.4, 0.5) is 0 Å². The maximum Gasteiger partial charge on any atom is 0.248 e. The Kier molecular flexibility index (Phi) is 4.49. The monoisotopic (exact) mass is 327 g/mol. The standard InChI is InChI=1S/C18H25N5O/c24-17-12-15(4-7-20-17)16-13-23(11-10-22-8-1-9-22)18(21-16)14-2-5-19-6-3-14/h4,7,12-14,19H,1-3,5-6,8-11H2,(H,20,24). The number of piperidine rings is 1. The molecule has 2 aliphatic rings. The summed E-state index contributed by atoms with van der Waals surface area (Å²) in [7, 11) is 0. The molecule has 0 aromatic carbocycles. The second-order valence-corrected chi connectivity index (χ2v) is 6.84. The molecule has 128 valence electrons. The summed E-state index contributed by atoms with van der Waals surface area (Å²) >= 11 is 0. The van der Waals surface area contributed by atoms with Crippen molar-refractivity contribution in [2.45, 2.75) is 31.7 Å². The van der Waals surface area contributed by atoms with Gasteiger partial charge in [-0.25, -0.2) is 4.98 Å². The van der Waals surface area contributed by atoms with Crippen LogP contribution in [0.25, 0.3) is 11.3 Å². The molecule has 2 aliphatic heterocycles. The molecule has 4 rings (SSSR count). The van der Waals surface area contributed by atoms with Crippen molar-refractivity contribution >= 4 is 0 Å². The van der Waals surface area contributed by atoms with Crippen LogP contribution in [0, 0.1) is 0 Å². The highest BCUT2D eigenvalue weighted by atomic mass is 16.1. The molecule has 0 atom stereocenters. The number of H-pyrrole nitrogens is 1. The Balaban J connectivity index is 1.62. The van der Waals surface area contributed by atoms with Crippen LogP contribution in [0.15, 0.2) is 29.3 Å². The van der Waals surface area contributed by atoms with E-state index in [9.17, 15) is 4.79 Å². The van der Waals surface area contributed by atoms with E-state index in [1.165, 1.54) is 25.3 Å². The highest BCUT2D eigenvalue weighted by Crippen LogP contribution is 2.27. The second kappa shape index (κ2) is 6.91. The van der Waals surface area contributed by atoms with Crippen LogP contribution in [-0.4, -0.2) is 52.2 Å². The van der Waals surface area contributed by atoms with Crippen LogP contribution in [0.3, 0.4) is 0 Å². The molecule has 2 saturated heterocycles. The quantitative estimate of drug-likeness (QED) is 0.871. The lowest BCUT2D eigenvalue weighted by molar-refractivity contribution is 0.173. The van der Waals surface area contributed by atoms with Gasteiger partial charge in [-0.05, 0) is 51.5 Å². The van der Waals surface area contributed by atoms with Gasteiger partial charge in [0.1, 0.15) is 5.82 Å². The van der Waals surface area contributed by atoms with E-state index in [2.05, 4.69) is 26.0 Å². The van der Waals surface area contributed by atoms with Crippen molar-refractivity contribution in [2.75, 3.05) is 32.7 Å². The zero-order valence-electron chi connectivity index (χ0n) is 14.0. The molecule has 0 saturated carbocycles. The van der Waals surface area contributed by atoms with Crippen molar-refractivity contribution < 1.29 is 0 Å². The first-order chi connectivity index (χ1) is 11.8. The van der Waals surface area contributed by atoms with Crippen molar-refractivity contribution in [2.24, 2.45) is 0 Å². The van der Waals surface area contributed by atoms with Gasteiger partial charge in [-0.1, -0.05) is 0 Å². The van der Waals surface area contributed by atoms with Gasteiger partial charge in [0.15, 0.2) is 0 Å². The molecule has 2 N–H and O–H groups in total. The minimum absolute atomic E-state index is 0.0777. The normalized spacial score (nSPS) is 19.3. The van der Waals surface area contributed by atoms with E-state index < -0.39 is 0 Å². The van der Waals surface area contributed by atoms with E-state index in [1.807, 2.05) is 6.07 Å². The molecular weight excluding hydrogens is 302 g/mol. The number of rotatable bonds is 5. The zero-order valence-corrected chi connectivity index (χ0v) is 14.0. The second-order valence-electron chi connectivity index (χ2n) is 6.84. The summed E-state index contributed by atoms with van der Waals surface area (Å²) in [4.78, 5) is 21.7. The van der Waals surface area contributed by atoms with Gasteiger partial charge in [0.25, 0.3) is 0 Å². The molecule has 6 heteroatoms. The van der Waals surface area contributed by atoms with Crippen molar-refractivity contribution in [3.05, 3.63) is 40.7 Å². The van der Waals surface area contributed by atoms with Gasteiger partial charge in [-0.2, -0.15) is 0 Å². The first kappa shape index (κ1) is 15.6. The first-order valence-electron chi connectivity index (χ1n) is 8.99. The molecule has 0 unspecified atom stereocenters. The van der Waals surface area contributed by atoms with Crippen LogP contribution in [0.1, 0.15) is 31.0 Å². The maximum atomic E-state index is 11.6. The average Bonchev–Trinajstić information content (AvgIpc) is 2.99. The fourth-order valence-electron chi connectivity index (χ4n) is 3.61. The Labute approximate surface area is 141 Å². The number of aromatic nitrogens is 3. The third-order valence-corrected chi connectivity index (χ3v) is 5.19. The van der Waals surface area contributed by atoms with Gasteiger partial charge in [-0.15, -0.1) is 0 Å². The fraction of sp³-hybridized carbons (Fsp3) is 0.556. The minimum Gasteiger partial charge on any atom is -0.333 e. The van der Waals surface area contributed by atoms with E-state index in [0.29, 0.717) is 5.92 Å². The number of likely N-dealkylation sites (tertiary alicyclic amines) is 1. The first-order valence-corrected chi connectivity index (χ1v) is 8.99. The van der Waals surface area contributed by atoms with Crippen LogP contribution in [0.2, 0.25) is 0 Å². The van der Waals surface area contributed by atoms with E-state index in [0.717, 1.165) is 50.3 Å². The van der Waals surface area contributed by atoms with Crippen LogP contribution in [-0.2, 0) is 6.54 Å². The van der Waals surface area contributed by atoms with Crippen molar-refractivity contribution in [1.29, 1.82) is 0 Å². The predicted molar refractivity (Wildman–Crippen MR) is 94.2 cm³/mol. The average molecular weight is 327 g/mol. The van der Waals surface area contributed by atoms with Crippen molar-refractivity contribution in [1.82, 2.24) is 24.8 Å².